The van der Waals surface area contributed by atoms with Crippen molar-refractivity contribution in [2.45, 2.75) is 37.8 Å². The van der Waals surface area contributed by atoms with Crippen LogP contribution in [-0.2, 0) is 4.84 Å². The van der Waals surface area contributed by atoms with Crippen LogP contribution in [-0.4, -0.2) is 26.8 Å². The molecule has 2 aliphatic rings. The fraction of sp³-hybridized carbons (Fsp3) is 0.429. The van der Waals surface area contributed by atoms with Crippen LogP contribution in [0.15, 0.2) is 29.4 Å². The van der Waals surface area contributed by atoms with Gasteiger partial charge in [-0.25, -0.2) is 0 Å². The zero-order valence-electron chi connectivity index (χ0n) is 11.8. The van der Waals surface area contributed by atoms with Gasteiger partial charge in [-0.2, -0.15) is 0 Å². The average Bonchev–Trinajstić information content (AvgIpc) is 2.92. The molecule has 7 heteroatoms. The number of rotatable bonds is 2. The van der Waals surface area contributed by atoms with Crippen molar-refractivity contribution in [3.63, 3.8) is 0 Å². The summed E-state index contributed by atoms with van der Waals surface area (Å²) in [5.74, 6) is 0. The summed E-state index contributed by atoms with van der Waals surface area (Å²) in [7, 11) is 0. The molecule has 1 fully saturated rings. The molecule has 2 heterocycles. The highest BCUT2D eigenvalue weighted by Crippen LogP contribution is 2.39. The summed E-state index contributed by atoms with van der Waals surface area (Å²) in [4.78, 5) is 16.6. The lowest BCUT2D eigenvalue weighted by atomic mass is 9.88. The van der Waals surface area contributed by atoms with E-state index >= 15 is 0 Å². The maximum absolute atomic E-state index is 10.7. The minimum atomic E-state index is -0.573. The van der Waals surface area contributed by atoms with E-state index in [2.05, 4.69) is 24.3 Å². The smallest absolute Gasteiger partial charge is 0.269 e. The van der Waals surface area contributed by atoms with Crippen LogP contribution in [0.5, 0.6) is 0 Å². The van der Waals surface area contributed by atoms with E-state index in [0.717, 1.165) is 17.7 Å². The third-order valence-corrected chi connectivity index (χ3v) is 4.26. The van der Waals surface area contributed by atoms with Gasteiger partial charge < -0.3 is 10.2 Å². The zero-order valence-corrected chi connectivity index (χ0v) is 12.6. The molecule has 0 radical (unpaired) electrons. The lowest BCUT2D eigenvalue weighted by Gasteiger charge is -2.20. The van der Waals surface area contributed by atoms with Gasteiger partial charge in [-0.3, -0.25) is 10.1 Å². The van der Waals surface area contributed by atoms with E-state index in [1.54, 1.807) is 12.1 Å². The first-order valence-corrected chi connectivity index (χ1v) is 7.05. The van der Waals surface area contributed by atoms with E-state index in [1.165, 1.54) is 12.1 Å². The van der Waals surface area contributed by atoms with Gasteiger partial charge in [0.15, 0.2) is 5.60 Å². The van der Waals surface area contributed by atoms with Crippen LogP contribution in [0.2, 0.25) is 0 Å². The summed E-state index contributed by atoms with van der Waals surface area (Å²) in [6.07, 6.45) is 1.33. The second kappa shape index (κ2) is 4.49. The second-order valence-electron chi connectivity index (χ2n) is 6.12. The van der Waals surface area contributed by atoms with Crippen LogP contribution in [0.25, 0.3) is 0 Å². The number of non-ortho nitro benzene ring substituents is 1. The Bertz CT molecular complexity index is 654. The van der Waals surface area contributed by atoms with E-state index in [-0.39, 0.29) is 11.2 Å². The molecule has 1 atom stereocenters. The highest BCUT2D eigenvalue weighted by Gasteiger charge is 2.53. The Morgan fingerprint density at radius 2 is 2.05 bits per heavy atom. The number of hydrogen-bond donors (Lipinski definition) is 1. The Morgan fingerprint density at radius 1 is 1.38 bits per heavy atom. The quantitative estimate of drug-likeness (QED) is 0.516. The summed E-state index contributed by atoms with van der Waals surface area (Å²) in [6.45, 7) is 4.14. The van der Waals surface area contributed by atoms with Crippen LogP contribution < -0.4 is 5.32 Å². The van der Waals surface area contributed by atoms with Crippen molar-refractivity contribution in [2.24, 2.45) is 5.16 Å². The fourth-order valence-electron chi connectivity index (χ4n) is 2.88. The Balaban J connectivity index is 1.81. The van der Waals surface area contributed by atoms with Crippen LogP contribution in [0.3, 0.4) is 0 Å². The maximum Gasteiger partial charge on any atom is 0.269 e. The maximum atomic E-state index is 10.7. The second-order valence-corrected chi connectivity index (χ2v) is 6.53. The van der Waals surface area contributed by atoms with E-state index in [1.807, 2.05) is 0 Å². The van der Waals surface area contributed by atoms with Crippen LogP contribution >= 0.6 is 12.2 Å². The van der Waals surface area contributed by atoms with Gasteiger partial charge in [0.2, 0.25) is 0 Å². The van der Waals surface area contributed by atoms with Gasteiger partial charge in [0.25, 0.3) is 5.69 Å². The van der Waals surface area contributed by atoms with Crippen molar-refractivity contribution in [3.8, 4) is 0 Å². The number of benzene rings is 1. The molecule has 0 aromatic heterocycles. The molecule has 6 nitrogen and oxygen atoms in total. The standard InChI is InChI=1S/C14H15N3O3S/c1-13(2)8-14(12(21)15-13)7-11(16-20-14)9-3-5-10(6-4-9)17(18)19/h3-6H,7-8H2,1-2H3,(H,15,21)/t14-/m0/s1. The number of thiocarbonyl (C=S) groups is 1. The molecule has 1 aromatic rings. The number of nitrogens with one attached hydrogen (secondary N) is 1. The SMILES string of the molecule is CC1(C)C[C@@]2(CC(c3ccc([N+](=O)[O-])cc3)=NO2)C(=S)N1. The van der Waals surface area contributed by atoms with Crippen molar-refractivity contribution in [1.29, 1.82) is 0 Å². The molecular formula is C14H15N3O3S. The monoisotopic (exact) mass is 305 g/mol. The van der Waals surface area contributed by atoms with Gasteiger partial charge in [0.1, 0.15) is 4.99 Å². The molecule has 1 spiro atoms. The molecule has 0 saturated carbocycles. The minimum absolute atomic E-state index is 0.0622. The molecule has 1 aromatic carbocycles. The van der Waals surface area contributed by atoms with Crippen molar-refractivity contribution in [2.75, 3.05) is 0 Å². The molecule has 0 amide bonds. The Morgan fingerprint density at radius 3 is 2.57 bits per heavy atom. The normalized spacial score (nSPS) is 26.4. The van der Waals surface area contributed by atoms with Crippen LogP contribution in [0.1, 0.15) is 32.3 Å². The van der Waals surface area contributed by atoms with Crippen molar-refractivity contribution >= 4 is 28.6 Å². The van der Waals surface area contributed by atoms with Crippen molar-refractivity contribution < 1.29 is 9.76 Å². The first-order valence-electron chi connectivity index (χ1n) is 6.64. The number of nitro benzene ring substituents is 1. The Hall–Kier alpha value is -2.02. The molecule has 0 unspecified atom stereocenters. The number of nitro groups is 1. The highest BCUT2D eigenvalue weighted by molar-refractivity contribution is 7.80. The average molecular weight is 305 g/mol. The first-order chi connectivity index (χ1) is 9.81. The number of hydrogen-bond acceptors (Lipinski definition) is 5. The molecule has 1 saturated heterocycles. The molecule has 0 aliphatic carbocycles. The number of oxime groups is 1. The molecule has 110 valence electrons. The summed E-state index contributed by atoms with van der Waals surface area (Å²) in [5.41, 5.74) is 0.969. The summed E-state index contributed by atoms with van der Waals surface area (Å²) < 4.78 is 0. The Kier molecular flexibility index (Phi) is 2.98. The van der Waals surface area contributed by atoms with Crippen LogP contribution in [0, 0.1) is 10.1 Å². The lowest BCUT2D eigenvalue weighted by molar-refractivity contribution is -0.384. The Labute approximate surface area is 127 Å². The third kappa shape index (κ3) is 2.37. The third-order valence-electron chi connectivity index (χ3n) is 3.79. The molecule has 3 rings (SSSR count). The van der Waals surface area contributed by atoms with Gasteiger partial charge in [0, 0.05) is 30.5 Å². The van der Waals surface area contributed by atoms with E-state index < -0.39 is 10.5 Å². The molecule has 2 aliphatic heterocycles. The van der Waals surface area contributed by atoms with Gasteiger partial charge in [-0.1, -0.05) is 17.4 Å². The minimum Gasteiger partial charge on any atom is -0.381 e. The van der Waals surface area contributed by atoms with Crippen molar-refractivity contribution in [3.05, 3.63) is 39.9 Å². The van der Waals surface area contributed by atoms with Crippen LogP contribution in [0.4, 0.5) is 5.69 Å². The highest BCUT2D eigenvalue weighted by atomic mass is 32.1. The topological polar surface area (TPSA) is 76.8 Å². The summed E-state index contributed by atoms with van der Waals surface area (Å²) in [6, 6.07) is 6.32. The van der Waals surface area contributed by atoms with Gasteiger partial charge >= 0.3 is 0 Å². The van der Waals surface area contributed by atoms with Crippen molar-refractivity contribution in [1.82, 2.24) is 5.32 Å². The summed E-state index contributed by atoms with van der Waals surface area (Å²) in [5, 5.41) is 18.1. The predicted molar refractivity (Wildman–Crippen MR) is 82.5 cm³/mol. The summed E-state index contributed by atoms with van der Waals surface area (Å²) >= 11 is 5.40. The van der Waals surface area contributed by atoms with Gasteiger partial charge in [-0.15, -0.1) is 0 Å². The molecule has 0 bridgehead atoms. The molecule has 1 N–H and O–H groups in total. The largest absolute Gasteiger partial charge is 0.381 e. The molecular weight excluding hydrogens is 290 g/mol. The molecule has 21 heavy (non-hydrogen) atoms. The predicted octanol–water partition coefficient (Wildman–Crippen LogP) is 2.56. The number of nitrogens with zero attached hydrogens (tertiary/aromatic N) is 2. The lowest BCUT2D eigenvalue weighted by Crippen LogP contribution is -2.37. The first kappa shape index (κ1) is 13.9. The van der Waals surface area contributed by atoms with Gasteiger partial charge in [0.05, 0.1) is 10.6 Å². The van der Waals surface area contributed by atoms with E-state index in [0.29, 0.717) is 11.4 Å². The van der Waals surface area contributed by atoms with E-state index in [4.69, 9.17) is 17.1 Å². The van der Waals surface area contributed by atoms with Gasteiger partial charge in [-0.05, 0) is 31.5 Å². The van der Waals surface area contributed by atoms with E-state index in [9.17, 15) is 10.1 Å². The zero-order chi connectivity index (χ0) is 15.3. The fourth-order valence-corrected chi connectivity index (χ4v) is 3.34.